The van der Waals surface area contributed by atoms with E-state index in [1.807, 2.05) is 30.8 Å². The first-order valence-electron chi connectivity index (χ1n) is 5.62. The number of hydrogen-bond donors (Lipinski definition) is 0. The SMILES string of the molecule is CC.Cc1cc2cc(C(C)C)cnn2c1. The van der Waals surface area contributed by atoms with E-state index >= 15 is 0 Å². The van der Waals surface area contributed by atoms with E-state index in [0.29, 0.717) is 5.92 Å². The van der Waals surface area contributed by atoms with Gasteiger partial charge in [-0.3, -0.25) is 0 Å². The molecule has 0 saturated heterocycles. The molecule has 2 heterocycles. The average molecular weight is 204 g/mol. The monoisotopic (exact) mass is 204 g/mol. The molecule has 0 atom stereocenters. The summed E-state index contributed by atoms with van der Waals surface area (Å²) in [4.78, 5) is 0. The lowest BCUT2D eigenvalue weighted by molar-refractivity contribution is 0.831. The first-order chi connectivity index (χ1) is 7.16. The van der Waals surface area contributed by atoms with E-state index in [4.69, 9.17) is 0 Å². The predicted octanol–water partition coefficient (Wildman–Crippen LogP) is 3.79. The summed E-state index contributed by atoms with van der Waals surface area (Å²) in [6, 6.07) is 4.35. The minimum atomic E-state index is 0.549. The quantitative estimate of drug-likeness (QED) is 0.690. The van der Waals surface area contributed by atoms with Gasteiger partial charge in [-0.05, 0) is 36.1 Å². The molecular weight excluding hydrogens is 184 g/mol. The Kier molecular flexibility index (Phi) is 3.89. The summed E-state index contributed by atoms with van der Waals surface area (Å²) < 4.78 is 1.92. The fourth-order valence-electron chi connectivity index (χ4n) is 1.46. The van der Waals surface area contributed by atoms with E-state index < -0.39 is 0 Å². The molecule has 0 bridgehead atoms. The van der Waals surface area contributed by atoms with Gasteiger partial charge in [0.25, 0.3) is 0 Å². The number of fused-ring (bicyclic) bond motifs is 1. The van der Waals surface area contributed by atoms with Crippen molar-refractivity contribution in [1.82, 2.24) is 9.61 Å². The van der Waals surface area contributed by atoms with E-state index in [-0.39, 0.29) is 0 Å². The second-order valence-corrected chi connectivity index (χ2v) is 3.83. The first-order valence-corrected chi connectivity index (χ1v) is 5.62. The Hall–Kier alpha value is -1.31. The minimum absolute atomic E-state index is 0.549. The van der Waals surface area contributed by atoms with Crippen LogP contribution in [0.2, 0.25) is 0 Å². The van der Waals surface area contributed by atoms with E-state index in [9.17, 15) is 0 Å². The molecule has 15 heavy (non-hydrogen) atoms. The molecule has 0 aliphatic rings. The molecule has 2 nitrogen and oxygen atoms in total. The van der Waals surface area contributed by atoms with Gasteiger partial charge in [-0.25, -0.2) is 4.52 Å². The van der Waals surface area contributed by atoms with Crippen molar-refractivity contribution in [2.45, 2.75) is 40.5 Å². The highest BCUT2D eigenvalue weighted by Crippen LogP contribution is 2.16. The maximum absolute atomic E-state index is 4.34. The fraction of sp³-hybridized carbons (Fsp3) is 0.462. The van der Waals surface area contributed by atoms with Crippen LogP contribution in [0.25, 0.3) is 5.52 Å². The highest BCUT2D eigenvalue weighted by Gasteiger charge is 2.01. The van der Waals surface area contributed by atoms with Crippen LogP contribution in [0.4, 0.5) is 0 Å². The Labute approximate surface area is 91.9 Å². The molecule has 82 valence electrons. The molecule has 0 aliphatic carbocycles. The van der Waals surface area contributed by atoms with E-state index in [2.05, 4.69) is 38.0 Å². The third-order valence-electron chi connectivity index (χ3n) is 2.28. The lowest BCUT2D eigenvalue weighted by atomic mass is 10.1. The standard InChI is InChI=1S/C11H14N2.C2H6/c1-8(2)10-5-11-4-9(3)7-13(11)12-6-10;1-2/h4-8H,1-3H3;1-2H3. The minimum Gasteiger partial charge on any atom is -0.241 e. The largest absolute Gasteiger partial charge is 0.241 e. The van der Waals surface area contributed by atoms with Gasteiger partial charge in [-0.2, -0.15) is 5.10 Å². The molecule has 0 saturated carbocycles. The van der Waals surface area contributed by atoms with Crippen LogP contribution in [0.15, 0.2) is 24.5 Å². The van der Waals surface area contributed by atoms with Gasteiger partial charge in [-0.1, -0.05) is 27.7 Å². The maximum Gasteiger partial charge on any atom is 0.0652 e. The van der Waals surface area contributed by atoms with Crippen molar-refractivity contribution in [2.75, 3.05) is 0 Å². The van der Waals surface area contributed by atoms with E-state index in [1.54, 1.807) is 0 Å². The Bertz CT molecular complexity index is 427. The van der Waals surface area contributed by atoms with Gasteiger partial charge in [0.15, 0.2) is 0 Å². The molecule has 0 aliphatic heterocycles. The molecule has 2 heteroatoms. The lowest BCUT2D eigenvalue weighted by Crippen LogP contribution is -1.93. The third kappa shape index (κ3) is 2.58. The second-order valence-electron chi connectivity index (χ2n) is 3.83. The van der Waals surface area contributed by atoms with Crippen LogP contribution in [0.1, 0.15) is 44.7 Å². The Morgan fingerprint density at radius 3 is 2.47 bits per heavy atom. The molecule has 0 spiro atoms. The van der Waals surface area contributed by atoms with Crippen LogP contribution in [0.5, 0.6) is 0 Å². The van der Waals surface area contributed by atoms with Crippen LogP contribution >= 0.6 is 0 Å². The van der Waals surface area contributed by atoms with Crippen molar-refractivity contribution in [2.24, 2.45) is 0 Å². The smallest absolute Gasteiger partial charge is 0.0652 e. The van der Waals surface area contributed by atoms with Gasteiger partial charge >= 0.3 is 0 Å². The average Bonchev–Trinajstić information content (AvgIpc) is 2.59. The summed E-state index contributed by atoms with van der Waals surface area (Å²) in [5.41, 5.74) is 3.74. The topological polar surface area (TPSA) is 17.3 Å². The molecule has 0 aromatic carbocycles. The van der Waals surface area contributed by atoms with Gasteiger partial charge in [-0.15, -0.1) is 0 Å². The lowest BCUT2D eigenvalue weighted by Gasteiger charge is -2.04. The summed E-state index contributed by atoms with van der Waals surface area (Å²) in [6.07, 6.45) is 3.98. The molecule has 0 N–H and O–H groups in total. The fourth-order valence-corrected chi connectivity index (χ4v) is 1.46. The van der Waals surface area contributed by atoms with Crippen molar-refractivity contribution in [1.29, 1.82) is 0 Å². The summed E-state index contributed by atoms with van der Waals surface area (Å²) in [5.74, 6) is 0.549. The van der Waals surface area contributed by atoms with Crippen LogP contribution < -0.4 is 0 Å². The predicted molar refractivity (Wildman–Crippen MR) is 65.4 cm³/mol. The van der Waals surface area contributed by atoms with Crippen molar-refractivity contribution >= 4 is 5.52 Å². The van der Waals surface area contributed by atoms with Crippen LogP contribution in [0, 0.1) is 6.92 Å². The second kappa shape index (κ2) is 4.96. The summed E-state index contributed by atoms with van der Waals surface area (Å²) >= 11 is 0. The van der Waals surface area contributed by atoms with Crippen molar-refractivity contribution in [3.05, 3.63) is 35.7 Å². The Morgan fingerprint density at radius 1 is 1.20 bits per heavy atom. The summed E-state index contributed by atoms with van der Waals surface area (Å²) in [5, 5.41) is 4.34. The number of aryl methyl sites for hydroxylation is 1. The van der Waals surface area contributed by atoms with Gasteiger partial charge < -0.3 is 0 Å². The highest BCUT2D eigenvalue weighted by molar-refractivity contribution is 5.50. The van der Waals surface area contributed by atoms with Crippen LogP contribution in [0.3, 0.4) is 0 Å². The summed E-state index contributed by atoms with van der Waals surface area (Å²) in [7, 11) is 0. The normalized spacial score (nSPS) is 10.3. The zero-order valence-corrected chi connectivity index (χ0v) is 10.3. The van der Waals surface area contributed by atoms with Crippen molar-refractivity contribution in [3.63, 3.8) is 0 Å². The number of aromatic nitrogens is 2. The molecule has 2 aromatic rings. The van der Waals surface area contributed by atoms with Gasteiger partial charge in [0.2, 0.25) is 0 Å². The van der Waals surface area contributed by atoms with Crippen LogP contribution in [-0.2, 0) is 0 Å². The molecule has 0 amide bonds. The number of rotatable bonds is 1. The zero-order chi connectivity index (χ0) is 11.4. The van der Waals surface area contributed by atoms with Crippen molar-refractivity contribution < 1.29 is 0 Å². The van der Waals surface area contributed by atoms with Gasteiger partial charge in [0.1, 0.15) is 0 Å². The van der Waals surface area contributed by atoms with Gasteiger partial charge in [0, 0.05) is 6.20 Å². The maximum atomic E-state index is 4.34. The van der Waals surface area contributed by atoms with E-state index in [0.717, 1.165) is 0 Å². The van der Waals surface area contributed by atoms with E-state index in [1.165, 1.54) is 16.6 Å². The third-order valence-corrected chi connectivity index (χ3v) is 2.28. The summed E-state index contributed by atoms with van der Waals surface area (Å²) in [6.45, 7) is 10.5. The first kappa shape index (κ1) is 11.8. The van der Waals surface area contributed by atoms with Crippen molar-refractivity contribution in [3.8, 4) is 0 Å². The zero-order valence-electron chi connectivity index (χ0n) is 10.3. The van der Waals surface area contributed by atoms with Crippen LogP contribution in [-0.4, -0.2) is 9.61 Å². The number of nitrogens with zero attached hydrogens (tertiary/aromatic N) is 2. The molecule has 2 rings (SSSR count). The molecule has 0 fully saturated rings. The molecule has 0 unspecified atom stereocenters. The Morgan fingerprint density at radius 2 is 1.87 bits per heavy atom. The molecule has 2 aromatic heterocycles. The Balaban J connectivity index is 0.000000531. The highest BCUT2D eigenvalue weighted by atomic mass is 15.2. The molecule has 0 radical (unpaired) electrons. The number of hydrogen-bond acceptors (Lipinski definition) is 1. The van der Waals surface area contributed by atoms with Gasteiger partial charge in [0.05, 0.1) is 11.7 Å². The molecular formula is C13H20N2.